The molecule has 4 rings (SSSR count). The third kappa shape index (κ3) is 7.02. The molecule has 1 aliphatic rings. The zero-order chi connectivity index (χ0) is 28.9. The van der Waals surface area contributed by atoms with E-state index in [1.165, 1.54) is 4.31 Å². The molecule has 0 aromatic heterocycles. The second kappa shape index (κ2) is 12.4. The van der Waals surface area contributed by atoms with Crippen LogP contribution in [-0.4, -0.2) is 62.9 Å². The molecule has 9 heteroatoms. The summed E-state index contributed by atoms with van der Waals surface area (Å²) < 4.78 is 38.3. The van der Waals surface area contributed by atoms with Crippen LogP contribution in [-0.2, 0) is 29.5 Å². The Bertz CT molecular complexity index is 1430. The highest BCUT2D eigenvalue weighted by atomic mass is 32.2. The first-order valence-corrected chi connectivity index (χ1v) is 14.9. The highest BCUT2D eigenvalue weighted by molar-refractivity contribution is 7.89. The first kappa shape index (κ1) is 29.6. The highest BCUT2D eigenvalue weighted by Gasteiger charge is 2.29. The average Bonchev–Trinajstić information content (AvgIpc) is 2.95. The van der Waals surface area contributed by atoms with E-state index in [2.05, 4.69) is 37.1 Å². The smallest absolute Gasteiger partial charge is 0.251 e. The normalized spacial score (nSPS) is 14.1. The number of hydrogen-bond donors (Lipinski definition) is 1. The summed E-state index contributed by atoms with van der Waals surface area (Å²) >= 11 is 0. The van der Waals surface area contributed by atoms with E-state index in [0.29, 0.717) is 37.4 Å². The van der Waals surface area contributed by atoms with Crippen molar-refractivity contribution >= 4 is 15.9 Å². The molecule has 0 aliphatic carbocycles. The zero-order valence-corrected chi connectivity index (χ0v) is 24.8. The third-order valence-corrected chi connectivity index (χ3v) is 9.13. The van der Waals surface area contributed by atoms with E-state index in [4.69, 9.17) is 9.47 Å². The number of nitrogens with zero attached hydrogens (tertiary/aromatic N) is 2. The molecular formula is C31H39N3O5S. The number of sulfonamides is 1. The van der Waals surface area contributed by atoms with E-state index in [1.807, 2.05) is 30.3 Å². The maximum absolute atomic E-state index is 13.2. The molecule has 1 amide bonds. The molecule has 0 unspecified atom stereocenters. The number of methoxy groups -OCH3 is 2. The van der Waals surface area contributed by atoms with Crippen LogP contribution in [0.4, 0.5) is 0 Å². The standard InChI is InChI=1S/C31H39N3O5S/c1-31(2,3)33(21-23-7-6-8-28(19-23)39-5)18-16-32-30(35)25-9-10-26-22-34(17-15-24(26)20-25)40(36,37)29-13-11-27(38-4)12-14-29/h6-14,19-20H,15-18,21-22H2,1-5H3,(H,32,35). The Kier molecular flexibility index (Phi) is 9.18. The molecule has 0 fully saturated rings. The van der Waals surface area contributed by atoms with Gasteiger partial charge in [-0.15, -0.1) is 0 Å². The van der Waals surface area contributed by atoms with E-state index in [0.717, 1.165) is 29.0 Å². The first-order chi connectivity index (χ1) is 19.0. The minimum absolute atomic E-state index is 0.0857. The van der Waals surface area contributed by atoms with Crippen molar-refractivity contribution in [2.45, 2.75) is 50.7 Å². The van der Waals surface area contributed by atoms with Gasteiger partial charge in [-0.25, -0.2) is 8.42 Å². The number of ether oxygens (including phenoxy) is 2. The van der Waals surface area contributed by atoms with Crippen molar-refractivity contribution in [2.24, 2.45) is 0 Å². The number of nitrogens with one attached hydrogen (secondary N) is 1. The molecule has 1 aliphatic heterocycles. The van der Waals surface area contributed by atoms with E-state index < -0.39 is 10.0 Å². The molecule has 1 heterocycles. The number of hydrogen-bond acceptors (Lipinski definition) is 6. The Morgan fingerprint density at radius 2 is 1.68 bits per heavy atom. The molecule has 0 radical (unpaired) electrons. The molecule has 214 valence electrons. The van der Waals surface area contributed by atoms with Crippen molar-refractivity contribution in [1.82, 2.24) is 14.5 Å². The zero-order valence-electron chi connectivity index (χ0n) is 23.9. The van der Waals surface area contributed by atoms with Crippen molar-refractivity contribution in [3.63, 3.8) is 0 Å². The van der Waals surface area contributed by atoms with Crippen LogP contribution in [0.1, 0.15) is 47.8 Å². The molecule has 0 bridgehead atoms. The summed E-state index contributed by atoms with van der Waals surface area (Å²) in [5.74, 6) is 1.30. The minimum atomic E-state index is -3.63. The van der Waals surface area contributed by atoms with Crippen molar-refractivity contribution in [3.05, 3.63) is 89.0 Å². The largest absolute Gasteiger partial charge is 0.497 e. The predicted molar refractivity (Wildman–Crippen MR) is 156 cm³/mol. The SMILES string of the molecule is COc1ccc(S(=O)(=O)N2CCc3cc(C(=O)NCCN(Cc4cccc(OC)c4)C(C)(C)C)ccc3C2)cc1. The summed E-state index contributed by atoms with van der Waals surface area (Å²) in [5.41, 5.74) is 3.57. The second-order valence-corrected chi connectivity index (χ2v) is 12.9. The monoisotopic (exact) mass is 565 g/mol. The van der Waals surface area contributed by atoms with Gasteiger partial charge in [0, 0.05) is 43.8 Å². The quantitative estimate of drug-likeness (QED) is 0.390. The van der Waals surface area contributed by atoms with Gasteiger partial charge in [-0.05, 0) is 92.4 Å². The van der Waals surface area contributed by atoms with E-state index in [9.17, 15) is 13.2 Å². The van der Waals surface area contributed by atoms with Crippen LogP contribution >= 0.6 is 0 Å². The summed E-state index contributed by atoms with van der Waals surface area (Å²) in [5, 5.41) is 3.06. The topological polar surface area (TPSA) is 88.2 Å². The van der Waals surface area contributed by atoms with Crippen LogP contribution in [0.5, 0.6) is 11.5 Å². The molecule has 8 nitrogen and oxygen atoms in total. The van der Waals surface area contributed by atoms with Crippen LogP contribution in [0.15, 0.2) is 71.6 Å². The summed E-state index contributed by atoms with van der Waals surface area (Å²) in [6.07, 6.45) is 0.546. The summed E-state index contributed by atoms with van der Waals surface area (Å²) in [4.78, 5) is 15.6. The van der Waals surface area contributed by atoms with Crippen LogP contribution in [0.3, 0.4) is 0 Å². The van der Waals surface area contributed by atoms with Gasteiger partial charge in [-0.3, -0.25) is 9.69 Å². The van der Waals surface area contributed by atoms with Crippen LogP contribution < -0.4 is 14.8 Å². The molecule has 3 aromatic carbocycles. The molecule has 0 spiro atoms. The number of benzene rings is 3. The number of rotatable bonds is 10. The van der Waals surface area contributed by atoms with Gasteiger partial charge in [0.25, 0.3) is 5.91 Å². The van der Waals surface area contributed by atoms with Crippen molar-refractivity contribution in [3.8, 4) is 11.5 Å². The summed E-state index contributed by atoms with van der Waals surface area (Å²) in [6.45, 7) is 9.06. The molecule has 3 aromatic rings. The van der Waals surface area contributed by atoms with Gasteiger partial charge in [0.2, 0.25) is 10.0 Å². The Hall–Kier alpha value is -3.40. The molecule has 0 atom stereocenters. The molecule has 40 heavy (non-hydrogen) atoms. The third-order valence-electron chi connectivity index (χ3n) is 7.27. The summed E-state index contributed by atoms with van der Waals surface area (Å²) in [7, 11) is -0.419. The number of carbonyl (C=O) groups is 1. The number of fused-ring (bicyclic) bond motifs is 1. The van der Waals surface area contributed by atoms with Crippen LogP contribution in [0, 0.1) is 0 Å². The lowest BCUT2D eigenvalue weighted by atomic mass is 9.98. The fourth-order valence-corrected chi connectivity index (χ4v) is 6.24. The number of amides is 1. The second-order valence-electron chi connectivity index (χ2n) is 10.9. The average molecular weight is 566 g/mol. The van der Waals surface area contributed by atoms with Gasteiger partial charge in [-0.2, -0.15) is 4.31 Å². The Morgan fingerprint density at radius 3 is 2.35 bits per heavy atom. The van der Waals surface area contributed by atoms with Crippen molar-refractivity contribution in [2.75, 3.05) is 33.9 Å². The lowest BCUT2D eigenvalue weighted by Crippen LogP contribution is -2.45. The molecule has 0 saturated carbocycles. The van der Waals surface area contributed by atoms with E-state index in [-0.39, 0.29) is 22.9 Å². The Labute approximate surface area is 238 Å². The van der Waals surface area contributed by atoms with Crippen molar-refractivity contribution < 1.29 is 22.7 Å². The predicted octanol–water partition coefficient (Wildman–Crippen LogP) is 4.48. The van der Waals surface area contributed by atoms with Crippen molar-refractivity contribution in [1.29, 1.82) is 0 Å². The molecule has 0 saturated heterocycles. The maximum Gasteiger partial charge on any atom is 0.251 e. The van der Waals surface area contributed by atoms with Gasteiger partial charge in [0.1, 0.15) is 11.5 Å². The lowest BCUT2D eigenvalue weighted by Gasteiger charge is -2.36. The fraction of sp³-hybridized carbons (Fsp3) is 0.387. The first-order valence-electron chi connectivity index (χ1n) is 13.4. The number of carbonyl (C=O) groups excluding carboxylic acids is 1. The molecular weight excluding hydrogens is 526 g/mol. The minimum Gasteiger partial charge on any atom is -0.497 e. The molecule has 1 N–H and O–H groups in total. The van der Waals surface area contributed by atoms with E-state index in [1.54, 1.807) is 44.6 Å². The summed E-state index contributed by atoms with van der Waals surface area (Å²) in [6, 6.07) is 20.0. The lowest BCUT2D eigenvalue weighted by molar-refractivity contribution is 0.0921. The fourth-order valence-electron chi connectivity index (χ4n) is 4.82. The Morgan fingerprint density at radius 1 is 0.950 bits per heavy atom. The van der Waals surface area contributed by atoms with Crippen LogP contribution in [0.2, 0.25) is 0 Å². The maximum atomic E-state index is 13.2. The van der Waals surface area contributed by atoms with E-state index >= 15 is 0 Å². The highest BCUT2D eigenvalue weighted by Crippen LogP contribution is 2.27. The van der Waals surface area contributed by atoms with Gasteiger partial charge in [0.05, 0.1) is 19.1 Å². The van der Waals surface area contributed by atoms with Gasteiger partial charge < -0.3 is 14.8 Å². The van der Waals surface area contributed by atoms with Gasteiger partial charge in [-0.1, -0.05) is 18.2 Å². The Balaban J connectivity index is 1.36. The van der Waals surface area contributed by atoms with Gasteiger partial charge in [0.15, 0.2) is 0 Å². The van der Waals surface area contributed by atoms with Gasteiger partial charge >= 0.3 is 0 Å². The van der Waals surface area contributed by atoms with Crippen LogP contribution in [0.25, 0.3) is 0 Å².